The van der Waals surface area contributed by atoms with E-state index in [4.69, 9.17) is 31.9 Å². The van der Waals surface area contributed by atoms with Gasteiger partial charge in [-0.2, -0.15) is 5.10 Å². The number of halogens is 2. The molecule has 1 fully saturated rings. The number of nitrogens with zero attached hydrogens (tertiary/aromatic N) is 4. The van der Waals surface area contributed by atoms with Crippen LogP contribution in [-0.4, -0.2) is 52.9 Å². The average molecular weight is 526 g/mol. The molecule has 0 saturated carbocycles. The molecule has 1 atom stereocenters. The van der Waals surface area contributed by atoms with Crippen molar-refractivity contribution in [1.29, 1.82) is 0 Å². The lowest BCUT2D eigenvalue weighted by molar-refractivity contribution is -0.127. The second kappa shape index (κ2) is 10.3. The number of methoxy groups -OCH3 is 2. The Hall–Kier alpha value is -3.77. The van der Waals surface area contributed by atoms with Gasteiger partial charge in [0, 0.05) is 24.7 Å². The van der Waals surface area contributed by atoms with Crippen molar-refractivity contribution in [3.05, 3.63) is 52.6 Å². The van der Waals surface area contributed by atoms with Crippen LogP contribution in [0.1, 0.15) is 44.5 Å². The van der Waals surface area contributed by atoms with Crippen molar-refractivity contribution in [3.8, 4) is 23.3 Å². The van der Waals surface area contributed by atoms with Crippen molar-refractivity contribution in [2.75, 3.05) is 33.0 Å². The molecule has 0 spiro atoms. The average Bonchev–Trinajstić information content (AvgIpc) is 3.49. The van der Waals surface area contributed by atoms with Crippen molar-refractivity contribution in [2.24, 2.45) is 5.41 Å². The molecule has 1 amide bonds. The Balaban J connectivity index is 1.71. The van der Waals surface area contributed by atoms with Crippen LogP contribution in [0, 0.1) is 17.3 Å². The largest absolute Gasteiger partial charge is 0.497 e. The number of nitrogens with two attached hydrogens (primary N) is 1. The van der Waals surface area contributed by atoms with E-state index in [-0.39, 0.29) is 18.4 Å². The number of rotatable bonds is 4. The first-order chi connectivity index (χ1) is 17.5. The maximum Gasteiger partial charge on any atom is 0.282 e. The van der Waals surface area contributed by atoms with Crippen LogP contribution in [-0.2, 0) is 4.79 Å². The van der Waals surface area contributed by atoms with Gasteiger partial charge in [0.05, 0.1) is 42.4 Å². The van der Waals surface area contributed by atoms with Crippen LogP contribution in [0.15, 0.2) is 36.3 Å². The van der Waals surface area contributed by atoms with Crippen molar-refractivity contribution in [1.82, 2.24) is 19.7 Å². The molecule has 0 aliphatic carbocycles. The minimum absolute atomic E-state index is 0.236. The van der Waals surface area contributed by atoms with E-state index in [9.17, 15) is 9.18 Å². The maximum atomic E-state index is 14.6. The van der Waals surface area contributed by atoms with Crippen LogP contribution in [0.5, 0.6) is 11.5 Å². The number of nitrogen functional groups attached to an aromatic ring is 1. The van der Waals surface area contributed by atoms with E-state index in [1.165, 1.54) is 17.2 Å². The van der Waals surface area contributed by atoms with Crippen LogP contribution in [0.2, 0.25) is 5.02 Å². The number of likely N-dealkylation sites (tertiary alicyclic amines) is 1. The number of amides is 1. The summed E-state index contributed by atoms with van der Waals surface area (Å²) in [6.07, 6.45) is 3.38. The highest BCUT2D eigenvalue weighted by atomic mass is 35.5. The minimum atomic E-state index is -0.759. The highest BCUT2D eigenvalue weighted by Gasteiger charge is 2.32. The maximum absolute atomic E-state index is 14.6. The zero-order valence-electron chi connectivity index (χ0n) is 21.4. The number of hydrogen-bond donors (Lipinski definition) is 1. The van der Waals surface area contributed by atoms with Gasteiger partial charge in [-0.1, -0.05) is 38.3 Å². The van der Waals surface area contributed by atoms with Crippen molar-refractivity contribution < 1.29 is 18.7 Å². The predicted octanol–water partition coefficient (Wildman–Crippen LogP) is 4.76. The van der Waals surface area contributed by atoms with Crippen molar-refractivity contribution in [3.63, 3.8) is 0 Å². The summed E-state index contributed by atoms with van der Waals surface area (Å²) in [4.78, 5) is 18.4. The topological polar surface area (TPSA) is 95.5 Å². The molecular weight excluding hydrogens is 497 g/mol. The smallest absolute Gasteiger partial charge is 0.282 e. The van der Waals surface area contributed by atoms with Gasteiger partial charge in [0.15, 0.2) is 5.83 Å². The first-order valence-electron chi connectivity index (χ1n) is 11.8. The van der Waals surface area contributed by atoms with E-state index in [2.05, 4.69) is 16.8 Å². The SMILES string of the molecule is COc1cc(C#Cc2nn(C3CCN(C(=O)C(F)=CC(C)(C)C)C3)c3c(Cl)cnc(N)c23)cc(OC)c1. The molecule has 0 bridgehead atoms. The second-order valence-electron chi connectivity index (χ2n) is 9.91. The summed E-state index contributed by atoms with van der Waals surface area (Å²) >= 11 is 6.53. The lowest BCUT2D eigenvalue weighted by Crippen LogP contribution is -2.30. The number of pyridine rings is 1. The fourth-order valence-electron chi connectivity index (χ4n) is 4.24. The third-order valence-electron chi connectivity index (χ3n) is 5.95. The Labute approximate surface area is 220 Å². The lowest BCUT2D eigenvalue weighted by Gasteiger charge is -2.18. The highest BCUT2D eigenvalue weighted by molar-refractivity contribution is 6.35. The Morgan fingerprint density at radius 2 is 1.89 bits per heavy atom. The van der Waals surface area contributed by atoms with Crippen molar-refractivity contribution in [2.45, 2.75) is 33.2 Å². The fourth-order valence-corrected chi connectivity index (χ4v) is 4.47. The number of carbonyl (C=O) groups excluding carboxylic acids is 1. The number of anilines is 1. The Morgan fingerprint density at radius 1 is 1.22 bits per heavy atom. The number of benzene rings is 1. The van der Waals surface area contributed by atoms with Gasteiger partial charge in [-0.15, -0.1) is 0 Å². The van der Waals surface area contributed by atoms with E-state index in [0.717, 1.165) is 0 Å². The zero-order valence-corrected chi connectivity index (χ0v) is 22.2. The van der Waals surface area contributed by atoms with Crippen LogP contribution in [0.4, 0.5) is 10.2 Å². The van der Waals surface area contributed by atoms with Gasteiger partial charge in [-0.25, -0.2) is 9.37 Å². The lowest BCUT2D eigenvalue weighted by atomic mass is 9.96. The summed E-state index contributed by atoms with van der Waals surface area (Å²) in [5.41, 5.74) is 7.40. The van der Waals surface area contributed by atoms with Crippen LogP contribution >= 0.6 is 11.6 Å². The highest BCUT2D eigenvalue weighted by Crippen LogP contribution is 2.34. The number of hydrogen-bond acceptors (Lipinski definition) is 6. The standard InChI is InChI=1S/C27H29ClFN5O3/c1-27(2,3)13-21(29)26(35)33-9-8-17(15-33)34-24-20(28)14-31-25(30)23(24)22(32-34)7-6-16-10-18(36-4)12-19(11-16)37-5/h10-14,17H,8-9,15H2,1-5H3,(H2,30,31). The molecule has 1 aliphatic heterocycles. The van der Waals surface area contributed by atoms with Crippen LogP contribution < -0.4 is 15.2 Å². The predicted molar refractivity (Wildman–Crippen MR) is 141 cm³/mol. The number of fused-ring (bicyclic) bond motifs is 1. The Bertz CT molecular complexity index is 1430. The van der Waals surface area contributed by atoms with Crippen LogP contribution in [0.25, 0.3) is 10.9 Å². The fraction of sp³-hybridized carbons (Fsp3) is 0.370. The molecule has 8 nitrogen and oxygen atoms in total. The second-order valence-corrected chi connectivity index (χ2v) is 10.3. The van der Waals surface area contributed by atoms with E-state index in [1.807, 2.05) is 20.8 Å². The molecule has 10 heteroatoms. The van der Waals surface area contributed by atoms with E-state index in [0.29, 0.717) is 51.6 Å². The molecule has 1 aliphatic rings. The molecule has 2 aromatic heterocycles. The van der Waals surface area contributed by atoms with Gasteiger partial charge in [0.2, 0.25) is 0 Å². The summed E-state index contributed by atoms with van der Waals surface area (Å²) < 4.78 is 27.0. The minimum Gasteiger partial charge on any atom is -0.497 e. The molecule has 3 heterocycles. The van der Waals surface area contributed by atoms with E-state index >= 15 is 0 Å². The van der Waals surface area contributed by atoms with Gasteiger partial charge in [-0.05, 0) is 36.0 Å². The molecule has 1 unspecified atom stereocenters. The normalized spacial score (nSPS) is 16.0. The molecule has 4 rings (SSSR count). The number of carbonyl (C=O) groups is 1. The molecule has 3 aromatic rings. The molecule has 37 heavy (non-hydrogen) atoms. The third kappa shape index (κ3) is 5.65. The first kappa shape index (κ1) is 26.3. The number of ether oxygens (including phenoxy) is 2. The summed E-state index contributed by atoms with van der Waals surface area (Å²) in [7, 11) is 3.13. The summed E-state index contributed by atoms with van der Waals surface area (Å²) in [6, 6.07) is 5.08. The number of aromatic nitrogens is 3. The molecule has 194 valence electrons. The van der Waals surface area contributed by atoms with E-state index < -0.39 is 17.1 Å². The van der Waals surface area contributed by atoms with Gasteiger partial charge >= 0.3 is 0 Å². The van der Waals surface area contributed by atoms with Gasteiger partial charge in [0.1, 0.15) is 23.0 Å². The van der Waals surface area contributed by atoms with Crippen molar-refractivity contribution >= 4 is 34.2 Å². The summed E-state index contributed by atoms with van der Waals surface area (Å²) in [5.74, 6) is 6.21. The molecule has 1 aromatic carbocycles. The third-order valence-corrected chi connectivity index (χ3v) is 6.22. The Kier molecular flexibility index (Phi) is 7.32. The Morgan fingerprint density at radius 3 is 2.51 bits per heavy atom. The summed E-state index contributed by atoms with van der Waals surface area (Å²) in [5, 5.41) is 5.61. The molecule has 1 saturated heterocycles. The monoisotopic (exact) mass is 525 g/mol. The first-order valence-corrected chi connectivity index (χ1v) is 12.1. The molecular formula is C27H29ClFN5O3. The van der Waals surface area contributed by atoms with Gasteiger partial charge < -0.3 is 20.1 Å². The van der Waals surface area contributed by atoms with E-state index in [1.54, 1.807) is 37.1 Å². The van der Waals surface area contributed by atoms with Gasteiger partial charge in [-0.3, -0.25) is 9.48 Å². The zero-order chi connectivity index (χ0) is 26.9. The molecule has 2 N–H and O–H groups in total. The van der Waals surface area contributed by atoms with Gasteiger partial charge in [0.25, 0.3) is 5.91 Å². The number of allylic oxidation sites excluding steroid dienone is 1. The molecule has 0 radical (unpaired) electrons. The van der Waals surface area contributed by atoms with Crippen LogP contribution in [0.3, 0.4) is 0 Å². The quantitative estimate of drug-likeness (QED) is 0.390. The summed E-state index contributed by atoms with van der Waals surface area (Å²) in [6.45, 7) is 6.19.